The average Bonchev–Trinajstić information content (AvgIpc) is 2.54. The quantitative estimate of drug-likeness (QED) is 0.892. The van der Waals surface area contributed by atoms with Crippen LogP contribution >= 0.6 is 0 Å². The molecule has 2 aromatic carbocycles. The normalized spacial score (nSPS) is 10.1. The van der Waals surface area contributed by atoms with Crippen molar-refractivity contribution < 1.29 is 14.3 Å². The first kappa shape index (κ1) is 15.9. The lowest BCUT2D eigenvalue weighted by molar-refractivity contribution is -0.120. The van der Waals surface area contributed by atoms with Crippen LogP contribution in [0.1, 0.15) is 16.7 Å². The third kappa shape index (κ3) is 4.25. The molecule has 1 N–H and O–H groups in total. The smallest absolute Gasteiger partial charge is 0.224 e. The average molecular weight is 299 g/mol. The van der Waals surface area contributed by atoms with Crippen LogP contribution in [0.15, 0.2) is 42.5 Å². The van der Waals surface area contributed by atoms with Crippen molar-refractivity contribution in [2.75, 3.05) is 14.2 Å². The summed E-state index contributed by atoms with van der Waals surface area (Å²) in [5.41, 5.74) is 3.17. The number of nitrogens with one attached hydrogen (secondary N) is 1. The van der Waals surface area contributed by atoms with E-state index in [-0.39, 0.29) is 5.91 Å². The second-order valence-corrected chi connectivity index (χ2v) is 5.13. The van der Waals surface area contributed by atoms with Crippen molar-refractivity contribution >= 4 is 5.91 Å². The van der Waals surface area contributed by atoms with E-state index < -0.39 is 0 Å². The maximum Gasteiger partial charge on any atom is 0.224 e. The second kappa shape index (κ2) is 7.50. The molecule has 2 aromatic rings. The molecule has 0 radical (unpaired) electrons. The first-order valence-corrected chi connectivity index (χ1v) is 7.15. The molecule has 0 aliphatic carbocycles. The second-order valence-electron chi connectivity index (χ2n) is 5.13. The highest BCUT2D eigenvalue weighted by atomic mass is 16.5. The Bertz CT molecular complexity index is 635. The lowest BCUT2D eigenvalue weighted by Gasteiger charge is -2.10. The minimum Gasteiger partial charge on any atom is -0.493 e. The summed E-state index contributed by atoms with van der Waals surface area (Å²) in [6, 6.07) is 13.6. The Morgan fingerprint density at radius 1 is 0.955 bits per heavy atom. The Morgan fingerprint density at radius 2 is 1.59 bits per heavy atom. The van der Waals surface area contributed by atoms with Crippen molar-refractivity contribution in [1.29, 1.82) is 0 Å². The van der Waals surface area contributed by atoms with Crippen molar-refractivity contribution in [2.24, 2.45) is 0 Å². The Kier molecular flexibility index (Phi) is 5.42. The van der Waals surface area contributed by atoms with E-state index in [1.54, 1.807) is 14.2 Å². The summed E-state index contributed by atoms with van der Waals surface area (Å²) in [5, 5.41) is 2.92. The van der Waals surface area contributed by atoms with Gasteiger partial charge in [-0.15, -0.1) is 0 Å². The van der Waals surface area contributed by atoms with Gasteiger partial charge >= 0.3 is 0 Å². The Balaban J connectivity index is 1.92. The highest BCUT2D eigenvalue weighted by Crippen LogP contribution is 2.27. The van der Waals surface area contributed by atoms with Crippen LogP contribution in [-0.2, 0) is 17.8 Å². The molecule has 0 aliphatic heterocycles. The molecule has 0 fully saturated rings. The van der Waals surface area contributed by atoms with Crippen molar-refractivity contribution in [3.05, 3.63) is 59.2 Å². The van der Waals surface area contributed by atoms with Gasteiger partial charge in [0.1, 0.15) is 0 Å². The number of carbonyl (C=O) groups excluding carboxylic acids is 1. The molecule has 22 heavy (non-hydrogen) atoms. The first-order valence-electron chi connectivity index (χ1n) is 7.15. The predicted molar refractivity (Wildman–Crippen MR) is 86.3 cm³/mol. The van der Waals surface area contributed by atoms with Crippen LogP contribution in [0.25, 0.3) is 0 Å². The molecule has 4 nitrogen and oxygen atoms in total. The molecule has 0 saturated carbocycles. The maximum atomic E-state index is 12.0. The van der Waals surface area contributed by atoms with E-state index in [0.29, 0.717) is 24.5 Å². The van der Waals surface area contributed by atoms with Crippen LogP contribution in [-0.4, -0.2) is 20.1 Å². The van der Waals surface area contributed by atoms with Gasteiger partial charge in [0.2, 0.25) is 5.91 Å². The van der Waals surface area contributed by atoms with Gasteiger partial charge in [-0.3, -0.25) is 4.79 Å². The topological polar surface area (TPSA) is 47.6 Å². The van der Waals surface area contributed by atoms with Gasteiger partial charge in [-0.25, -0.2) is 0 Å². The van der Waals surface area contributed by atoms with E-state index in [9.17, 15) is 4.79 Å². The zero-order chi connectivity index (χ0) is 15.9. The summed E-state index contributed by atoms with van der Waals surface area (Å²) < 4.78 is 10.4. The number of ether oxygens (including phenoxy) is 2. The van der Waals surface area contributed by atoms with Crippen LogP contribution in [0.5, 0.6) is 11.5 Å². The van der Waals surface area contributed by atoms with Crippen LogP contribution in [0.2, 0.25) is 0 Å². The number of amides is 1. The Morgan fingerprint density at radius 3 is 2.23 bits per heavy atom. The minimum atomic E-state index is -0.00126. The summed E-state index contributed by atoms with van der Waals surface area (Å²) in [6.07, 6.45) is 0.383. The van der Waals surface area contributed by atoms with Gasteiger partial charge in [0.25, 0.3) is 0 Å². The summed E-state index contributed by atoms with van der Waals surface area (Å²) in [4.78, 5) is 12.0. The summed E-state index contributed by atoms with van der Waals surface area (Å²) in [5.74, 6) is 1.34. The number of hydrogen-bond acceptors (Lipinski definition) is 3. The summed E-state index contributed by atoms with van der Waals surface area (Å²) >= 11 is 0. The molecule has 0 aliphatic rings. The van der Waals surface area contributed by atoms with E-state index >= 15 is 0 Å². The van der Waals surface area contributed by atoms with Gasteiger partial charge in [0, 0.05) is 6.54 Å². The zero-order valence-electron chi connectivity index (χ0n) is 13.2. The van der Waals surface area contributed by atoms with Crippen molar-refractivity contribution in [1.82, 2.24) is 5.32 Å². The molecule has 0 saturated heterocycles. The molecular weight excluding hydrogens is 278 g/mol. The van der Waals surface area contributed by atoms with Crippen molar-refractivity contribution in [2.45, 2.75) is 19.9 Å². The van der Waals surface area contributed by atoms with E-state index in [0.717, 1.165) is 11.1 Å². The molecule has 116 valence electrons. The standard InChI is InChI=1S/C18H21NO3/c1-13-4-6-14(7-5-13)11-18(20)19-12-15-8-9-16(21-2)17(10-15)22-3/h4-10H,11-12H2,1-3H3,(H,19,20). The number of benzene rings is 2. The van der Waals surface area contributed by atoms with Gasteiger partial charge in [-0.1, -0.05) is 35.9 Å². The van der Waals surface area contributed by atoms with Gasteiger partial charge in [-0.05, 0) is 30.2 Å². The predicted octanol–water partition coefficient (Wildman–Crippen LogP) is 2.87. The molecule has 0 spiro atoms. The lowest BCUT2D eigenvalue weighted by atomic mass is 10.1. The first-order chi connectivity index (χ1) is 10.6. The van der Waals surface area contributed by atoms with Gasteiger partial charge in [0.05, 0.1) is 20.6 Å². The number of rotatable bonds is 6. The van der Waals surface area contributed by atoms with Gasteiger partial charge in [0.15, 0.2) is 11.5 Å². The number of aryl methyl sites for hydroxylation is 1. The third-order valence-electron chi connectivity index (χ3n) is 3.42. The van der Waals surface area contributed by atoms with E-state index in [1.165, 1.54) is 5.56 Å². The molecule has 0 atom stereocenters. The van der Waals surface area contributed by atoms with Gasteiger partial charge < -0.3 is 14.8 Å². The highest BCUT2D eigenvalue weighted by molar-refractivity contribution is 5.78. The monoisotopic (exact) mass is 299 g/mol. The molecule has 4 heteroatoms. The van der Waals surface area contributed by atoms with Gasteiger partial charge in [-0.2, -0.15) is 0 Å². The van der Waals surface area contributed by atoms with Crippen LogP contribution in [0, 0.1) is 6.92 Å². The summed E-state index contributed by atoms with van der Waals surface area (Å²) in [7, 11) is 3.19. The fraction of sp³-hybridized carbons (Fsp3) is 0.278. The van der Waals surface area contributed by atoms with Crippen LogP contribution < -0.4 is 14.8 Å². The molecule has 2 rings (SSSR count). The Labute approximate surface area is 131 Å². The number of hydrogen-bond donors (Lipinski definition) is 1. The van der Waals surface area contributed by atoms with Crippen molar-refractivity contribution in [3.63, 3.8) is 0 Å². The van der Waals surface area contributed by atoms with Crippen LogP contribution in [0.3, 0.4) is 0 Å². The van der Waals surface area contributed by atoms with Crippen LogP contribution in [0.4, 0.5) is 0 Å². The molecule has 0 bridgehead atoms. The van der Waals surface area contributed by atoms with E-state index in [4.69, 9.17) is 9.47 Å². The van der Waals surface area contributed by atoms with E-state index in [2.05, 4.69) is 5.32 Å². The summed E-state index contributed by atoms with van der Waals surface area (Å²) in [6.45, 7) is 2.49. The third-order valence-corrected chi connectivity index (χ3v) is 3.42. The van der Waals surface area contributed by atoms with E-state index in [1.807, 2.05) is 49.4 Å². The fourth-order valence-electron chi connectivity index (χ4n) is 2.15. The molecule has 0 heterocycles. The minimum absolute atomic E-state index is 0.00126. The fourth-order valence-corrected chi connectivity index (χ4v) is 2.15. The molecular formula is C18H21NO3. The number of methoxy groups -OCH3 is 2. The SMILES string of the molecule is COc1ccc(CNC(=O)Cc2ccc(C)cc2)cc1OC. The highest BCUT2D eigenvalue weighted by Gasteiger charge is 2.07. The molecule has 1 amide bonds. The lowest BCUT2D eigenvalue weighted by Crippen LogP contribution is -2.24. The maximum absolute atomic E-state index is 12.0. The molecule has 0 unspecified atom stereocenters. The zero-order valence-corrected chi connectivity index (χ0v) is 13.2. The largest absolute Gasteiger partial charge is 0.493 e. The van der Waals surface area contributed by atoms with Crippen molar-refractivity contribution in [3.8, 4) is 11.5 Å². The Hall–Kier alpha value is -2.49. The number of carbonyl (C=O) groups is 1. The molecule has 0 aromatic heterocycles.